The molecule has 3 heterocycles. The summed E-state index contributed by atoms with van der Waals surface area (Å²) in [4.78, 5) is 3.55. The van der Waals surface area contributed by atoms with Crippen LogP contribution in [0.2, 0.25) is 0 Å². The van der Waals surface area contributed by atoms with Crippen molar-refractivity contribution in [3.63, 3.8) is 0 Å². The van der Waals surface area contributed by atoms with E-state index in [4.69, 9.17) is 0 Å². The Morgan fingerprint density at radius 1 is 1.32 bits per heavy atom. The van der Waals surface area contributed by atoms with E-state index in [1.165, 1.54) is 12.3 Å². The highest BCUT2D eigenvalue weighted by Gasteiger charge is 2.51. The number of hydrogen-bond acceptors (Lipinski definition) is 4. The summed E-state index contributed by atoms with van der Waals surface area (Å²) in [6.45, 7) is 0. The highest BCUT2D eigenvalue weighted by Crippen LogP contribution is 2.46. The molecule has 6 heteroatoms. The van der Waals surface area contributed by atoms with Gasteiger partial charge in [0.05, 0.1) is 16.1 Å². The smallest absolute Gasteiger partial charge is 0.218 e. The van der Waals surface area contributed by atoms with Crippen molar-refractivity contribution in [2.45, 2.75) is 48.2 Å². The van der Waals surface area contributed by atoms with Crippen LogP contribution in [0.25, 0.3) is 0 Å². The lowest BCUT2D eigenvalue weighted by Gasteiger charge is -2.43. The van der Waals surface area contributed by atoms with E-state index in [9.17, 15) is 17.9 Å². The number of aromatic nitrogens is 1. The van der Waals surface area contributed by atoms with E-state index < -0.39 is 31.9 Å². The lowest BCUT2D eigenvalue weighted by atomic mass is 9.81. The lowest BCUT2D eigenvalue weighted by Crippen LogP contribution is -2.50. The Bertz CT molecular complexity index is 582. The summed E-state index contributed by atoms with van der Waals surface area (Å²) in [7, 11) is -3.16. The second kappa shape index (κ2) is 4.24. The first kappa shape index (κ1) is 13.0. The predicted molar refractivity (Wildman–Crippen MR) is 67.7 cm³/mol. The van der Waals surface area contributed by atoms with Gasteiger partial charge in [-0.05, 0) is 31.7 Å². The van der Waals surface area contributed by atoms with Gasteiger partial charge >= 0.3 is 0 Å². The number of aliphatic hydroxyl groups is 1. The fourth-order valence-electron chi connectivity index (χ4n) is 3.40. The van der Waals surface area contributed by atoms with Gasteiger partial charge in [-0.2, -0.15) is 4.39 Å². The van der Waals surface area contributed by atoms with Crippen molar-refractivity contribution < 1.29 is 17.9 Å². The number of nitrogens with zero attached hydrogens (tertiary/aromatic N) is 1. The third kappa shape index (κ3) is 1.97. The van der Waals surface area contributed by atoms with Crippen molar-refractivity contribution in [3.8, 4) is 0 Å². The minimum Gasteiger partial charge on any atom is -0.385 e. The molecule has 1 N–H and O–H groups in total. The molecular formula is C13H16FNO3S. The summed E-state index contributed by atoms with van der Waals surface area (Å²) >= 11 is 0. The van der Waals surface area contributed by atoms with Gasteiger partial charge in [0, 0.05) is 11.8 Å². The number of sulfone groups is 1. The van der Waals surface area contributed by atoms with Crippen LogP contribution in [0.5, 0.6) is 0 Å². The Labute approximate surface area is 111 Å². The molecule has 0 aromatic carbocycles. The van der Waals surface area contributed by atoms with Gasteiger partial charge in [-0.3, -0.25) is 0 Å². The monoisotopic (exact) mass is 285 g/mol. The molecule has 2 atom stereocenters. The lowest BCUT2D eigenvalue weighted by molar-refractivity contribution is 0.00119. The molecule has 0 radical (unpaired) electrons. The second-order valence-electron chi connectivity index (χ2n) is 5.55. The third-order valence-electron chi connectivity index (χ3n) is 4.37. The molecule has 2 unspecified atom stereocenters. The van der Waals surface area contributed by atoms with E-state index in [1.54, 1.807) is 6.07 Å². The van der Waals surface area contributed by atoms with Gasteiger partial charge in [-0.25, -0.2) is 13.4 Å². The molecular weight excluding hydrogens is 269 g/mol. The number of hydrogen-bond donors (Lipinski definition) is 1. The largest absolute Gasteiger partial charge is 0.385 e. The number of fused-ring (bicyclic) bond motifs is 2. The van der Waals surface area contributed by atoms with Gasteiger partial charge in [-0.1, -0.05) is 12.5 Å². The molecule has 0 spiro atoms. The normalized spacial score (nSPS) is 36.9. The second-order valence-corrected chi connectivity index (χ2v) is 8.06. The van der Waals surface area contributed by atoms with Gasteiger partial charge in [0.25, 0.3) is 0 Å². The SMILES string of the molecule is O=S1(=O)C2CCCC1CC(O)(c1cccnc1F)C2. The van der Waals surface area contributed by atoms with E-state index in [1.807, 2.05) is 0 Å². The first-order valence-corrected chi connectivity index (χ1v) is 8.10. The van der Waals surface area contributed by atoms with Gasteiger partial charge in [-0.15, -0.1) is 0 Å². The maximum atomic E-state index is 13.8. The van der Waals surface area contributed by atoms with Crippen LogP contribution in [-0.4, -0.2) is 29.0 Å². The summed E-state index contributed by atoms with van der Waals surface area (Å²) in [5.41, 5.74) is -1.28. The van der Waals surface area contributed by atoms with Crippen LogP contribution in [0.3, 0.4) is 0 Å². The van der Waals surface area contributed by atoms with Crippen LogP contribution in [0.15, 0.2) is 18.3 Å². The zero-order valence-electron chi connectivity index (χ0n) is 10.4. The molecule has 1 aromatic heterocycles. The molecule has 104 valence electrons. The Hall–Kier alpha value is -1.01. The Morgan fingerprint density at radius 2 is 1.95 bits per heavy atom. The van der Waals surface area contributed by atoms with Crippen molar-refractivity contribution >= 4 is 9.84 Å². The molecule has 4 nitrogen and oxygen atoms in total. The van der Waals surface area contributed by atoms with Crippen LogP contribution >= 0.6 is 0 Å². The van der Waals surface area contributed by atoms with Gasteiger partial charge in [0.15, 0.2) is 9.84 Å². The van der Waals surface area contributed by atoms with E-state index in [2.05, 4.69) is 4.98 Å². The zero-order valence-corrected chi connectivity index (χ0v) is 11.2. The van der Waals surface area contributed by atoms with Crippen molar-refractivity contribution in [3.05, 3.63) is 29.8 Å². The predicted octanol–water partition coefficient (Wildman–Crippen LogP) is 1.54. The van der Waals surface area contributed by atoms with Crippen LogP contribution in [-0.2, 0) is 15.4 Å². The molecule has 19 heavy (non-hydrogen) atoms. The Kier molecular flexibility index (Phi) is 2.90. The molecule has 2 fully saturated rings. The van der Waals surface area contributed by atoms with Crippen molar-refractivity contribution in [1.29, 1.82) is 0 Å². The van der Waals surface area contributed by atoms with E-state index in [0.717, 1.165) is 6.42 Å². The summed E-state index contributed by atoms with van der Waals surface area (Å²) in [5, 5.41) is 9.61. The Balaban J connectivity index is 2.02. The number of rotatable bonds is 1. The van der Waals surface area contributed by atoms with Gasteiger partial charge in [0.2, 0.25) is 5.95 Å². The van der Waals surface area contributed by atoms with Crippen molar-refractivity contribution in [1.82, 2.24) is 4.98 Å². The zero-order chi connectivity index (χ0) is 13.7. The molecule has 3 rings (SSSR count). The molecule has 2 bridgehead atoms. The van der Waals surface area contributed by atoms with Gasteiger partial charge in [0.1, 0.15) is 0 Å². The molecule has 0 saturated carbocycles. The first-order chi connectivity index (χ1) is 8.93. The number of halogens is 1. The molecule has 0 amide bonds. The first-order valence-electron chi connectivity index (χ1n) is 6.49. The van der Waals surface area contributed by atoms with E-state index in [0.29, 0.717) is 12.8 Å². The fraction of sp³-hybridized carbons (Fsp3) is 0.615. The van der Waals surface area contributed by atoms with E-state index >= 15 is 0 Å². The average Bonchev–Trinajstić information content (AvgIpc) is 2.32. The summed E-state index contributed by atoms with van der Waals surface area (Å²) in [6.07, 6.45) is 3.46. The standard InChI is InChI=1S/C13H16FNO3S/c14-12-11(5-2-6-15-12)13(16)7-9-3-1-4-10(8-13)19(9,17)18/h2,5-6,9-10,16H,1,3-4,7-8H2. The summed E-state index contributed by atoms with van der Waals surface area (Å²) < 4.78 is 38.1. The maximum absolute atomic E-state index is 13.8. The minimum atomic E-state index is -3.16. The van der Waals surface area contributed by atoms with Gasteiger partial charge < -0.3 is 5.11 Å². The molecule has 2 saturated heterocycles. The molecule has 2 aliphatic rings. The molecule has 1 aromatic rings. The van der Waals surface area contributed by atoms with Crippen molar-refractivity contribution in [2.24, 2.45) is 0 Å². The highest BCUT2D eigenvalue weighted by molar-refractivity contribution is 7.92. The molecule has 0 aliphatic carbocycles. The molecule has 2 aliphatic heterocycles. The maximum Gasteiger partial charge on any atom is 0.218 e. The van der Waals surface area contributed by atoms with Crippen LogP contribution in [0.1, 0.15) is 37.7 Å². The van der Waals surface area contributed by atoms with Crippen LogP contribution < -0.4 is 0 Å². The number of pyridine rings is 1. The fourth-order valence-corrected chi connectivity index (χ4v) is 5.95. The van der Waals surface area contributed by atoms with E-state index in [-0.39, 0.29) is 18.4 Å². The minimum absolute atomic E-state index is 0.0778. The van der Waals surface area contributed by atoms with Crippen LogP contribution in [0.4, 0.5) is 4.39 Å². The summed E-state index contributed by atoms with van der Waals surface area (Å²) in [5.74, 6) is -0.706. The third-order valence-corrected chi connectivity index (χ3v) is 7.04. The Morgan fingerprint density at radius 3 is 2.53 bits per heavy atom. The van der Waals surface area contributed by atoms with Crippen molar-refractivity contribution in [2.75, 3.05) is 0 Å². The van der Waals surface area contributed by atoms with Crippen LogP contribution in [0, 0.1) is 5.95 Å². The quantitative estimate of drug-likeness (QED) is 0.795. The summed E-state index contributed by atoms with van der Waals surface area (Å²) in [6, 6.07) is 3.06. The average molecular weight is 285 g/mol. The topological polar surface area (TPSA) is 67.3 Å². The highest BCUT2D eigenvalue weighted by atomic mass is 32.2.